The molecule has 4 rings (SSSR count). The Morgan fingerprint density at radius 3 is 2.42 bits per heavy atom. The van der Waals surface area contributed by atoms with Gasteiger partial charge in [-0.1, -0.05) is 29.3 Å². The van der Waals surface area contributed by atoms with Crippen molar-refractivity contribution in [3.8, 4) is 5.75 Å². The molecule has 0 saturated heterocycles. The monoisotopic (exact) mass is 489 g/mol. The van der Waals surface area contributed by atoms with Crippen LogP contribution in [-0.4, -0.2) is 35.5 Å². The van der Waals surface area contributed by atoms with Crippen LogP contribution in [0.25, 0.3) is 10.9 Å². The molecule has 0 aliphatic heterocycles. The Labute approximate surface area is 200 Å². The summed E-state index contributed by atoms with van der Waals surface area (Å²) in [5.41, 5.74) is 1.07. The second kappa shape index (κ2) is 10.4. The molecule has 33 heavy (non-hydrogen) atoms. The molecule has 0 unspecified atom stereocenters. The van der Waals surface area contributed by atoms with Gasteiger partial charge in [-0.15, -0.1) is 0 Å². The lowest BCUT2D eigenvalue weighted by atomic mass is 9.91. The number of benzene rings is 2. The Balaban J connectivity index is 1.22. The van der Waals surface area contributed by atoms with Crippen molar-refractivity contribution in [2.45, 2.75) is 37.8 Å². The van der Waals surface area contributed by atoms with Gasteiger partial charge in [0.1, 0.15) is 17.3 Å². The number of halogens is 3. The molecule has 1 saturated carbocycles. The summed E-state index contributed by atoms with van der Waals surface area (Å²) in [6.07, 6.45) is 2.94. The fourth-order valence-electron chi connectivity index (χ4n) is 3.85. The van der Waals surface area contributed by atoms with E-state index < -0.39 is 5.82 Å². The lowest BCUT2D eigenvalue weighted by Gasteiger charge is -2.29. The number of carbonyl (C=O) groups is 2. The van der Waals surface area contributed by atoms with Gasteiger partial charge in [-0.05, 0) is 62.1 Å². The van der Waals surface area contributed by atoms with E-state index in [9.17, 15) is 14.0 Å². The van der Waals surface area contributed by atoms with E-state index in [0.29, 0.717) is 16.2 Å². The first-order chi connectivity index (χ1) is 15.9. The number of nitrogens with one attached hydrogen (secondary N) is 2. The maximum atomic E-state index is 13.4. The van der Waals surface area contributed by atoms with Gasteiger partial charge in [0.05, 0.1) is 10.5 Å². The lowest BCUT2D eigenvalue weighted by Crippen LogP contribution is -2.45. The van der Waals surface area contributed by atoms with Gasteiger partial charge in [-0.2, -0.15) is 0 Å². The minimum absolute atomic E-state index is 0.000233. The van der Waals surface area contributed by atoms with E-state index in [1.165, 1.54) is 12.1 Å². The van der Waals surface area contributed by atoms with E-state index in [1.807, 2.05) is 6.07 Å². The summed E-state index contributed by atoms with van der Waals surface area (Å²) in [6, 6.07) is 12.9. The number of nitrogens with zero attached hydrogens (tertiary/aromatic N) is 1. The number of aromatic nitrogens is 1. The number of carbonyl (C=O) groups excluding carboxylic acids is 2. The van der Waals surface area contributed by atoms with E-state index in [4.69, 9.17) is 27.9 Å². The van der Waals surface area contributed by atoms with Crippen LogP contribution in [0.1, 0.15) is 36.2 Å². The van der Waals surface area contributed by atoms with E-state index in [1.54, 1.807) is 24.3 Å². The SMILES string of the molecule is O=C(COc1ccc(Cl)c(F)c1)N[C@H]1CC[C@H](NC(=O)c2ccc3cc(Cl)ccc3n2)CC1. The van der Waals surface area contributed by atoms with Crippen molar-refractivity contribution in [3.05, 3.63) is 70.1 Å². The molecular formula is C24H22Cl2FN3O3. The number of hydrogen-bond acceptors (Lipinski definition) is 4. The molecule has 2 aromatic carbocycles. The van der Waals surface area contributed by atoms with Crippen LogP contribution in [0.4, 0.5) is 4.39 Å². The van der Waals surface area contributed by atoms with Gasteiger partial charge >= 0.3 is 0 Å². The molecule has 0 spiro atoms. The fraction of sp³-hybridized carbons (Fsp3) is 0.292. The molecule has 0 atom stereocenters. The minimum atomic E-state index is -0.599. The summed E-state index contributed by atoms with van der Waals surface area (Å²) in [4.78, 5) is 29.2. The van der Waals surface area contributed by atoms with Crippen molar-refractivity contribution >= 4 is 45.9 Å². The Morgan fingerprint density at radius 1 is 0.970 bits per heavy atom. The predicted octanol–water partition coefficient (Wildman–Crippen LogP) is 4.92. The summed E-state index contributed by atoms with van der Waals surface area (Å²) in [5.74, 6) is -0.858. The average Bonchev–Trinajstić information content (AvgIpc) is 2.80. The van der Waals surface area contributed by atoms with E-state index in [-0.39, 0.29) is 41.3 Å². The second-order valence-corrected chi connectivity index (χ2v) is 8.83. The van der Waals surface area contributed by atoms with Crippen molar-refractivity contribution in [2.75, 3.05) is 6.61 Å². The molecule has 3 aromatic rings. The van der Waals surface area contributed by atoms with Crippen LogP contribution >= 0.6 is 23.2 Å². The van der Waals surface area contributed by atoms with E-state index in [2.05, 4.69) is 15.6 Å². The van der Waals surface area contributed by atoms with Crippen LogP contribution in [0.3, 0.4) is 0 Å². The third kappa shape index (κ3) is 6.12. The summed E-state index contributed by atoms with van der Waals surface area (Å²) < 4.78 is 18.8. The highest BCUT2D eigenvalue weighted by atomic mass is 35.5. The molecule has 2 N–H and O–H groups in total. The molecule has 0 radical (unpaired) electrons. The van der Waals surface area contributed by atoms with Crippen LogP contribution in [-0.2, 0) is 4.79 Å². The second-order valence-electron chi connectivity index (χ2n) is 7.99. The van der Waals surface area contributed by atoms with Crippen molar-refractivity contribution in [1.82, 2.24) is 15.6 Å². The molecular weight excluding hydrogens is 468 g/mol. The maximum absolute atomic E-state index is 13.4. The molecule has 1 heterocycles. The predicted molar refractivity (Wildman–Crippen MR) is 125 cm³/mol. The van der Waals surface area contributed by atoms with Gasteiger partial charge in [0, 0.05) is 28.6 Å². The highest BCUT2D eigenvalue weighted by Gasteiger charge is 2.24. The Kier molecular flexibility index (Phi) is 7.30. The zero-order chi connectivity index (χ0) is 23.4. The largest absolute Gasteiger partial charge is 0.484 e. The minimum Gasteiger partial charge on any atom is -0.484 e. The molecule has 6 nitrogen and oxygen atoms in total. The van der Waals surface area contributed by atoms with Gasteiger partial charge in [-0.25, -0.2) is 9.37 Å². The standard InChI is InChI=1S/C24H22Cl2FN3O3/c25-15-2-10-21-14(11-15)1-9-22(30-21)24(32)29-17-5-3-16(4-6-17)28-23(31)13-33-18-7-8-19(26)20(27)12-18/h1-2,7-12,16-17H,3-6,13H2,(H,28,31)(H,29,32)/t16-,17-. The summed E-state index contributed by atoms with van der Waals surface area (Å²) in [6.45, 7) is -0.212. The van der Waals surface area contributed by atoms with Crippen molar-refractivity contribution in [1.29, 1.82) is 0 Å². The highest BCUT2D eigenvalue weighted by molar-refractivity contribution is 6.31. The molecule has 1 aliphatic rings. The van der Waals surface area contributed by atoms with Gasteiger partial charge in [-0.3, -0.25) is 9.59 Å². The van der Waals surface area contributed by atoms with Gasteiger partial charge < -0.3 is 15.4 Å². The van der Waals surface area contributed by atoms with Crippen LogP contribution < -0.4 is 15.4 Å². The number of ether oxygens (including phenoxy) is 1. The lowest BCUT2D eigenvalue weighted by molar-refractivity contribution is -0.124. The molecule has 0 bridgehead atoms. The fourth-order valence-corrected chi connectivity index (χ4v) is 4.15. The normalized spacial score (nSPS) is 18.0. The first-order valence-electron chi connectivity index (χ1n) is 10.6. The zero-order valence-electron chi connectivity index (χ0n) is 17.6. The summed E-state index contributed by atoms with van der Waals surface area (Å²) in [5, 5.41) is 7.45. The molecule has 1 aromatic heterocycles. The molecule has 1 fully saturated rings. The van der Waals surface area contributed by atoms with Gasteiger partial charge in [0.25, 0.3) is 11.8 Å². The first-order valence-corrected chi connectivity index (χ1v) is 11.4. The number of hydrogen-bond donors (Lipinski definition) is 2. The van der Waals surface area contributed by atoms with Crippen LogP contribution in [0, 0.1) is 5.82 Å². The van der Waals surface area contributed by atoms with Crippen LogP contribution in [0.15, 0.2) is 48.5 Å². The first kappa shape index (κ1) is 23.3. The van der Waals surface area contributed by atoms with Gasteiger partial charge in [0.15, 0.2) is 6.61 Å². The summed E-state index contributed by atoms with van der Waals surface area (Å²) in [7, 11) is 0. The molecule has 2 amide bonds. The van der Waals surface area contributed by atoms with Gasteiger partial charge in [0.2, 0.25) is 0 Å². The summed E-state index contributed by atoms with van der Waals surface area (Å²) >= 11 is 11.6. The zero-order valence-corrected chi connectivity index (χ0v) is 19.1. The van der Waals surface area contributed by atoms with Crippen molar-refractivity contribution < 1.29 is 18.7 Å². The number of rotatable bonds is 6. The Bertz CT molecular complexity index is 1180. The van der Waals surface area contributed by atoms with Crippen molar-refractivity contribution in [2.24, 2.45) is 0 Å². The molecule has 1 aliphatic carbocycles. The van der Waals surface area contributed by atoms with E-state index in [0.717, 1.165) is 37.1 Å². The van der Waals surface area contributed by atoms with Crippen LogP contribution in [0.2, 0.25) is 10.0 Å². The third-order valence-corrected chi connectivity index (χ3v) is 6.11. The maximum Gasteiger partial charge on any atom is 0.270 e. The molecule has 9 heteroatoms. The van der Waals surface area contributed by atoms with Crippen LogP contribution in [0.5, 0.6) is 5.75 Å². The Hall–Kier alpha value is -2.90. The number of amides is 2. The smallest absolute Gasteiger partial charge is 0.270 e. The third-order valence-electron chi connectivity index (χ3n) is 5.57. The quantitative estimate of drug-likeness (QED) is 0.514. The highest BCUT2D eigenvalue weighted by Crippen LogP contribution is 2.22. The topological polar surface area (TPSA) is 80.3 Å². The van der Waals surface area contributed by atoms with E-state index >= 15 is 0 Å². The number of fused-ring (bicyclic) bond motifs is 1. The average molecular weight is 490 g/mol. The molecule has 172 valence electrons. The number of pyridine rings is 1. The Morgan fingerprint density at radius 2 is 1.70 bits per heavy atom. The van der Waals surface area contributed by atoms with Crippen molar-refractivity contribution in [3.63, 3.8) is 0 Å².